The van der Waals surface area contributed by atoms with Gasteiger partial charge in [-0.2, -0.15) is 0 Å². The Morgan fingerprint density at radius 3 is 2.83 bits per heavy atom. The molecule has 158 valence electrons. The van der Waals surface area contributed by atoms with Crippen molar-refractivity contribution in [3.05, 3.63) is 52.0 Å². The average molecular weight is 528 g/mol. The summed E-state index contributed by atoms with van der Waals surface area (Å²) in [6.07, 6.45) is -3.51. The first-order valence-electron chi connectivity index (χ1n) is 9.04. The van der Waals surface area contributed by atoms with Crippen LogP contribution in [0.2, 0.25) is 0 Å². The number of ether oxygens (including phenoxy) is 3. The summed E-state index contributed by atoms with van der Waals surface area (Å²) in [5.41, 5.74) is 7.04. The van der Waals surface area contributed by atoms with E-state index in [-0.39, 0.29) is 12.4 Å². The molecular formula is C19H18FIN4O5. The predicted molar refractivity (Wildman–Crippen MR) is 112 cm³/mol. The van der Waals surface area contributed by atoms with Crippen molar-refractivity contribution in [3.8, 4) is 0 Å². The number of halogens is 2. The van der Waals surface area contributed by atoms with Crippen LogP contribution in [0.3, 0.4) is 0 Å². The molecule has 4 rings (SSSR count). The molecule has 0 amide bonds. The second-order valence-electron chi connectivity index (χ2n) is 6.64. The van der Waals surface area contributed by atoms with Gasteiger partial charge in [0.1, 0.15) is 30.5 Å². The lowest BCUT2D eigenvalue weighted by molar-refractivity contribution is -0.0564. The number of hydrogen-bond acceptors (Lipinski definition) is 8. The lowest BCUT2D eigenvalue weighted by Crippen LogP contribution is -2.36. The standard InChI is InChI=1S/C19H18FIN4O5/c20-14-15(30-19(27)28-8-10-4-2-1-3-5-10)12(7-26)29-18(14)25-6-11(21)13-16(22)23-9-24-17(13)25/h1-6,9,12,14-15,18,26H,7-8H2,(H2,22,23,24)/t12-,14?,15+,18-/m1/s1. The fraction of sp³-hybridized carbons (Fsp3) is 0.316. The molecule has 0 bridgehead atoms. The molecule has 0 aliphatic carbocycles. The number of rotatable bonds is 5. The number of carbonyl (C=O) groups excluding carboxylic acids is 1. The molecule has 2 aromatic heterocycles. The minimum absolute atomic E-state index is 0.0198. The number of nitrogens with two attached hydrogens (primary N) is 1. The number of benzene rings is 1. The van der Waals surface area contributed by atoms with Crippen LogP contribution < -0.4 is 5.73 Å². The van der Waals surface area contributed by atoms with Gasteiger partial charge in [-0.25, -0.2) is 19.2 Å². The molecule has 3 heterocycles. The van der Waals surface area contributed by atoms with Gasteiger partial charge in [0, 0.05) is 9.77 Å². The second-order valence-corrected chi connectivity index (χ2v) is 7.80. The van der Waals surface area contributed by atoms with E-state index in [1.54, 1.807) is 30.5 Å². The third kappa shape index (κ3) is 3.91. The van der Waals surface area contributed by atoms with Crippen molar-refractivity contribution in [1.82, 2.24) is 14.5 Å². The van der Waals surface area contributed by atoms with Gasteiger partial charge in [0.2, 0.25) is 0 Å². The average Bonchev–Trinajstić information content (AvgIpc) is 3.25. The number of nitrogens with zero attached hydrogens (tertiary/aromatic N) is 3. The van der Waals surface area contributed by atoms with Gasteiger partial charge in [0.05, 0.1) is 12.0 Å². The Hall–Kier alpha value is -2.51. The van der Waals surface area contributed by atoms with E-state index < -0.39 is 37.4 Å². The van der Waals surface area contributed by atoms with E-state index in [0.717, 1.165) is 5.56 Å². The quantitative estimate of drug-likeness (QED) is 0.383. The van der Waals surface area contributed by atoms with Gasteiger partial charge in [0.25, 0.3) is 0 Å². The van der Waals surface area contributed by atoms with Crippen LogP contribution in [0.1, 0.15) is 11.8 Å². The first-order valence-corrected chi connectivity index (χ1v) is 10.1. The molecule has 1 aliphatic heterocycles. The van der Waals surface area contributed by atoms with Crippen LogP contribution in [-0.4, -0.2) is 50.8 Å². The maximum Gasteiger partial charge on any atom is 0.509 e. The lowest BCUT2D eigenvalue weighted by Gasteiger charge is -2.18. The highest BCUT2D eigenvalue weighted by molar-refractivity contribution is 14.1. The summed E-state index contributed by atoms with van der Waals surface area (Å²) in [5.74, 6) is 0.257. The summed E-state index contributed by atoms with van der Waals surface area (Å²) >= 11 is 2.04. The number of anilines is 1. The number of aliphatic hydroxyl groups is 1. The molecule has 3 N–H and O–H groups in total. The van der Waals surface area contributed by atoms with E-state index >= 15 is 4.39 Å². The van der Waals surface area contributed by atoms with Crippen molar-refractivity contribution >= 4 is 45.6 Å². The van der Waals surface area contributed by atoms with Crippen LogP contribution in [0, 0.1) is 3.57 Å². The summed E-state index contributed by atoms with van der Waals surface area (Å²) in [6.45, 7) is -0.560. The minimum Gasteiger partial charge on any atom is -0.429 e. The van der Waals surface area contributed by atoms with Crippen LogP contribution in [0.15, 0.2) is 42.9 Å². The Morgan fingerprint density at radius 2 is 2.10 bits per heavy atom. The molecule has 1 aromatic carbocycles. The van der Waals surface area contributed by atoms with E-state index in [1.807, 2.05) is 28.7 Å². The number of alkyl halides is 1. The Labute approximate surface area is 184 Å². The van der Waals surface area contributed by atoms with E-state index in [4.69, 9.17) is 19.9 Å². The zero-order valence-corrected chi connectivity index (χ0v) is 17.7. The molecule has 0 saturated carbocycles. The van der Waals surface area contributed by atoms with Crippen molar-refractivity contribution < 1.29 is 28.5 Å². The Balaban J connectivity index is 1.51. The number of fused-ring (bicyclic) bond motifs is 1. The molecular weight excluding hydrogens is 510 g/mol. The molecule has 9 nitrogen and oxygen atoms in total. The van der Waals surface area contributed by atoms with Crippen LogP contribution in [0.25, 0.3) is 11.0 Å². The Bertz CT molecular complexity index is 1050. The van der Waals surface area contributed by atoms with Crippen LogP contribution in [0.5, 0.6) is 0 Å². The fourth-order valence-corrected chi connectivity index (χ4v) is 4.14. The number of nitrogen functional groups attached to an aromatic ring is 1. The van der Waals surface area contributed by atoms with Crippen molar-refractivity contribution in [2.24, 2.45) is 0 Å². The summed E-state index contributed by atoms with van der Waals surface area (Å²) in [4.78, 5) is 20.2. The number of aromatic nitrogens is 3. The van der Waals surface area contributed by atoms with Gasteiger partial charge >= 0.3 is 6.16 Å². The van der Waals surface area contributed by atoms with Crippen molar-refractivity contribution in [1.29, 1.82) is 0 Å². The van der Waals surface area contributed by atoms with Gasteiger partial charge in [-0.1, -0.05) is 30.3 Å². The molecule has 1 fully saturated rings. The summed E-state index contributed by atoms with van der Waals surface area (Å²) in [6, 6.07) is 9.00. The van der Waals surface area contributed by atoms with Crippen molar-refractivity contribution in [2.45, 2.75) is 31.2 Å². The SMILES string of the molecule is Nc1ncnc2c1c(I)cn2[C@@H]1O[C@H](CO)[C@H](OC(=O)OCc2ccccc2)C1F. The molecule has 0 spiro atoms. The summed E-state index contributed by atoms with van der Waals surface area (Å²) in [7, 11) is 0. The molecule has 3 aromatic rings. The molecule has 30 heavy (non-hydrogen) atoms. The predicted octanol–water partition coefficient (Wildman–Crippen LogP) is 2.57. The van der Waals surface area contributed by atoms with Crippen molar-refractivity contribution in [3.63, 3.8) is 0 Å². The smallest absolute Gasteiger partial charge is 0.429 e. The van der Waals surface area contributed by atoms with Crippen LogP contribution >= 0.6 is 22.6 Å². The molecule has 0 radical (unpaired) electrons. The van der Waals surface area contributed by atoms with Crippen molar-refractivity contribution in [2.75, 3.05) is 12.3 Å². The number of hydrogen-bond donors (Lipinski definition) is 2. The van der Waals surface area contributed by atoms with Gasteiger partial charge in [-0.3, -0.25) is 0 Å². The Kier molecular flexibility index (Phi) is 6.01. The number of carbonyl (C=O) groups is 1. The van der Waals surface area contributed by atoms with E-state index in [9.17, 15) is 9.90 Å². The second kappa shape index (κ2) is 8.70. The highest BCUT2D eigenvalue weighted by Crippen LogP contribution is 2.37. The lowest BCUT2D eigenvalue weighted by atomic mass is 10.1. The van der Waals surface area contributed by atoms with Gasteiger partial charge < -0.3 is 29.6 Å². The fourth-order valence-electron chi connectivity index (χ4n) is 3.32. The van der Waals surface area contributed by atoms with Crippen LogP contribution in [0.4, 0.5) is 15.0 Å². The van der Waals surface area contributed by atoms with E-state index in [0.29, 0.717) is 14.6 Å². The molecule has 1 aliphatic rings. The third-order valence-corrected chi connectivity index (χ3v) is 5.56. The maximum atomic E-state index is 15.3. The highest BCUT2D eigenvalue weighted by Gasteiger charge is 2.49. The number of aliphatic hydroxyl groups excluding tert-OH is 1. The molecule has 11 heteroatoms. The molecule has 4 atom stereocenters. The Morgan fingerprint density at radius 1 is 1.33 bits per heavy atom. The van der Waals surface area contributed by atoms with Crippen LogP contribution in [-0.2, 0) is 20.8 Å². The van der Waals surface area contributed by atoms with Gasteiger partial charge in [0.15, 0.2) is 18.5 Å². The first kappa shape index (κ1) is 20.8. The van der Waals surface area contributed by atoms with E-state index in [1.165, 1.54) is 10.9 Å². The minimum atomic E-state index is -1.77. The zero-order chi connectivity index (χ0) is 21.3. The highest BCUT2D eigenvalue weighted by atomic mass is 127. The molecule has 1 saturated heterocycles. The third-order valence-electron chi connectivity index (χ3n) is 4.75. The topological polar surface area (TPSA) is 122 Å². The van der Waals surface area contributed by atoms with Gasteiger partial charge in [-0.15, -0.1) is 0 Å². The van der Waals surface area contributed by atoms with E-state index in [2.05, 4.69) is 9.97 Å². The summed E-state index contributed by atoms with van der Waals surface area (Å²) < 4.78 is 33.3. The maximum absolute atomic E-state index is 15.3. The molecule has 1 unspecified atom stereocenters. The zero-order valence-electron chi connectivity index (χ0n) is 15.5. The first-order chi connectivity index (χ1) is 14.5. The normalized spacial score (nSPS) is 23.6. The summed E-state index contributed by atoms with van der Waals surface area (Å²) in [5, 5.41) is 10.2. The largest absolute Gasteiger partial charge is 0.509 e. The van der Waals surface area contributed by atoms with Gasteiger partial charge in [-0.05, 0) is 28.2 Å². The monoisotopic (exact) mass is 528 g/mol.